The van der Waals surface area contributed by atoms with E-state index in [1.807, 2.05) is 19.9 Å². The molecule has 0 aliphatic carbocycles. The predicted octanol–water partition coefficient (Wildman–Crippen LogP) is 3.46. The van der Waals surface area contributed by atoms with Crippen LogP contribution in [0.25, 0.3) is 0 Å². The first-order valence-corrected chi connectivity index (χ1v) is 8.97. The van der Waals surface area contributed by atoms with Gasteiger partial charge >= 0.3 is 18.0 Å². The summed E-state index contributed by atoms with van der Waals surface area (Å²) in [6.45, 7) is 3.66. The summed E-state index contributed by atoms with van der Waals surface area (Å²) in [7, 11) is 0. The normalized spacial score (nSPS) is 12.4. The van der Waals surface area contributed by atoms with Gasteiger partial charge in [0.25, 0.3) is 0 Å². The molecule has 30 heavy (non-hydrogen) atoms. The summed E-state index contributed by atoms with van der Waals surface area (Å²) in [5, 5.41) is 9.04. The minimum absolute atomic E-state index is 0.00961. The summed E-state index contributed by atoms with van der Waals surface area (Å²) in [5.41, 5.74) is 0.545. The number of carbonyl (C=O) groups is 2. The molecule has 2 aromatic heterocycles. The van der Waals surface area contributed by atoms with Gasteiger partial charge in [-0.25, -0.2) is 0 Å². The van der Waals surface area contributed by atoms with Gasteiger partial charge < -0.3 is 15.1 Å². The average molecular weight is 420 g/mol. The SMILES string of the molecule is Cc1cc(C)n(C(CNC(=O)C(=O)Nc2cccc(C(F)(F)F)c2)c2ccco2)n1. The van der Waals surface area contributed by atoms with Crippen molar-refractivity contribution in [3.05, 3.63) is 71.4 Å². The molecular weight excluding hydrogens is 401 g/mol. The van der Waals surface area contributed by atoms with Crippen molar-refractivity contribution in [1.29, 1.82) is 0 Å². The van der Waals surface area contributed by atoms with Gasteiger partial charge in [0.1, 0.15) is 11.8 Å². The monoisotopic (exact) mass is 420 g/mol. The number of hydrogen-bond acceptors (Lipinski definition) is 4. The molecule has 0 radical (unpaired) electrons. The Kier molecular flexibility index (Phi) is 5.95. The van der Waals surface area contributed by atoms with Gasteiger partial charge in [0, 0.05) is 17.9 Å². The van der Waals surface area contributed by atoms with Crippen molar-refractivity contribution < 1.29 is 27.2 Å². The predicted molar refractivity (Wildman–Crippen MR) is 102 cm³/mol. The highest BCUT2D eigenvalue weighted by Crippen LogP contribution is 2.30. The number of anilines is 1. The molecule has 0 saturated heterocycles. The molecule has 158 valence electrons. The summed E-state index contributed by atoms with van der Waals surface area (Å²) >= 11 is 0. The number of alkyl halides is 3. The first-order chi connectivity index (χ1) is 14.1. The summed E-state index contributed by atoms with van der Waals surface area (Å²) in [6.07, 6.45) is -3.07. The van der Waals surface area contributed by atoms with Gasteiger partial charge in [-0.05, 0) is 50.2 Å². The Bertz CT molecular complexity index is 1040. The van der Waals surface area contributed by atoms with E-state index in [2.05, 4.69) is 15.7 Å². The topological polar surface area (TPSA) is 89.2 Å². The molecule has 1 aromatic carbocycles. The molecule has 0 saturated carbocycles. The van der Waals surface area contributed by atoms with E-state index in [1.54, 1.807) is 16.8 Å². The number of aryl methyl sites for hydroxylation is 2. The zero-order chi connectivity index (χ0) is 21.9. The van der Waals surface area contributed by atoms with Crippen LogP contribution in [0.5, 0.6) is 0 Å². The standard InChI is InChI=1S/C20H19F3N4O3/c1-12-9-13(2)27(26-12)16(17-7-4-8-30-17)11-24-18(28)19(29)25-15-6-3-5-14(10-15)20(21,22)23/h3-10,16H,11H2,1-2H3,(H,24,28)(H,25,29). The fraction of sp³-hybridized carbons (Fsp3) is 0.250. The molecule has 3 aromatic rings. The minimum Gasteiger partial charge on any atom is -0.467 e. The molecule has 0 aliphatic rings. The lowest BCUT2D eigenvalue weighted by atomic mass is 10.2. The van der Waals surface area contributed by atoms with Gasteiger partial charge in [-0.1, -0.05) is 6.07 Å². The van der Waals surface area contributed by atoms with E-state index < -0.39 is 29.6 Å². The number of halogens is 3. The summed E-state index contributed by atoms with van der Waals surface area (Å²) in [5.74, 6) is -1.55. The van der Waals surface area contributed by atoms with Crippen molar-refractivity contribution in [2.24, 2.45) is 0 Å². The third-order valence-electron chi connectivity index (χ3n) is 4.32. The molecule has 10 heteroatoms. The Morgan fingerprint density at radius 1 is 1.13 bits per heavy atom. The van der Waals surface area contributed by atoms with Crippen LogP contribution in [0.3, 0.4) is 0 Å². The number of furan rings is 1. The molecule has 0 aliphatic heterocycles. The van der Waals surface area contributed by atoms with Crippen molar-refractivity contribution in [2.75, 3.05) is 11.9 Å². The van der Waals surface area contributed by atoms with E-state index in [0.717, 1.165) is 29.6 Å². The Labute approximate surface area is 169 Å². The van der Waals surface area contributed by atoms with Crippen LogP contribution in [-0.4, -0.2) is 28.1 Å². The van der Waals surface area contributed by atoms with Crippen molar-refractivity contribution in [1.82, 2.24) is 15.1 Å². The first kappa shape index (κ1) is 21.2. The number of nitrogens with zero attached hydrogens (tertiary/aromatic N) is 2. The van der Waals surface area contributed by atoms with Gasteiger partial charge in [0.15, 0.2) is 0 Å². The Morgan fingerprint density at radius 3 is 2.50 bits per heavy atom. The van der Waals surface area contributed by atoms with Gasteiger partial charge in [0.05, 0.1) is 17.5 Å². The van der Waals surface area contributed by atoms with Crippen LogP contribution in [0.2, 0.25) is 0 Å². The summed E-state index contributed by atoms with van der Waals surface area (Å²) in [4.78, 5) is 24.3. The third kappa shape index (κ3) is 4.88. The zero-order valence-corrected chi connectivity index (χ0v) is 16.2. The van der Waals surface area contributed by atoms with E-state index in [9.17, 15) is 22.8 Å². The molecule has 3 rings (SSSR count). The molecule has 1 unspecified atom stereocenters. The smallest absolute Gasteiger partial charge is 0.416 e. The van der Waals surface area contributed by atoms with E-state index in [0.29, 0.717) is 5.76 Å². The van der Waals surface area contributed by atoms with Gasteiger partial charge in [0.2, 0.25) is 0 Å². The molecule has 2 amide bonds. The molecule has 0 spiro atoms. The fourth-order valence-corrected chi connectivity index (χ4v) is 2.98. The Morgan fingerprint density at radius 2 is 1.90 bits per heavy atom. The lowest BCUT2D eigenvalue weighted by Crippen LogP contribution is -2.39. The second-order valence-electron chi connectivity index (χ2n) is 6.65. The Hall–Kier alpha value is -3.56. The first-order valence-electron chi connectivity index (χ1n) is 8.97. The molecule has 2 N–H and O–H groups in total. The highest BCUT2D eigenvalue weighted by molar-refractivity contribution is 6.39. The lowest BCUT2D eigenvalue weighted by molar-refractivity contribution is -0.137. The Balaban J connectivity index is 1.68. The second-order valence-corrected chi connectivity index (χ2v) is 6.65. The largest absolute Gasteiger partial charge is 0.467 e. The van der Waals surface area contributed by atoms with E-state index in [-0.39, 0.29) is 12.2 Å². The molecular formula is C20H19F3N4O3. The highest BCUT2D eigenvalue weighted by atomic mass is 19.4. The number of carbonyl (C=O) groups excluding carboxylic acids is 2. The van der Waals surface area contributed by atoms with E-state index >= 15 is 0 Å². The van der Waals surface area contributed by atoms with Crippen molar-refractivity contribution in [2.45, 2.75) is 26.1 Å². The quantitative estimate of drug-likeness (QED) is 0.619. The minimum atomic E-state index is -4.56. The number of nitrogens with one attached hydrogen (secondary N) is 2. The van der Waals surface area contributed by atoms with Crippen LogP contribution in [0.15, 0.2) is 53.1 Å². The maximum atomic E-state index is 12.8. The number of rotatable bonds is 5. The highest BCUT2D eigenvalue weighted by Gasteiger charge is 2.30. The summed E-state index contributed by atoms with van der Waals surface area (Å²) < 4.78 is 45.5. The molecule has 1 atom stereocenters. The van der Waals surface area contributed by atoms with Crippen LogP contribution in [0, 0.1) is 13.8 Å². The second kappa shape index (κ2) is 8.44. The van der Waals surface area contributed by atoms with Crippen molar-refractivity contribution >= 4 is 17.5 Å². The molecule has 2 heterocycles. The maximum absolute atomic E-state index is 12.8. The number of hydrogen-bond donors (Lipinski definition) is 2. The number of amides is 2. The van der Waals surface area contributed by atoms with E-state index in [4.69, 9.17) is 4.42 Å². The van der Waals surface area contributed by atoms with Crippen LogP contribution < -0.4 is 10.6 Å². The lowest BCUT2D eigenvalue weighted by Gasteiger charge is -2.18. The van der Waals surface area contributed by atoms with E-state index in [1.165, 1.54) is 12.3 Å². The van der Waals surface area contributed by atoms with Gasteiger partial charge in [-0.15, -0.1) is 0 Å². The third-order valence-corrected chi connectivity index (χ3v) is 4.32. The number of benzene rings is 1. The maximum Gasteiger partial charge on any atom is 0.416 e. The van der Waals surface area contributed by atoms with Crippen LogP contribution in [-0.2, 0) is 15.8 Å². The van der Waals surface area contributed by atoms with Crippen molar-refractivity contribution in [3.8, 4) is 0 Å². The van der Waals surface area contributed by atoms with Gasteiger partial charge in [-0.2, -0.15) is 18.3 Å². The van der Waals surface area contributed by atoms with Gasteiger partial charge in [-0.3, -0.25) is 14.3 Å². The number of aromatic nitrogens is 2. The van der Waals surface area contributed by atoms with Crippen LogP contribution in [0.1, 0.15) is 28.8 Å². The van der Waals surface area contributed by atoms with Crippen molar-refractivity contribution in [3.63, 3.8) is 0 Å². The average Bonchev–Trinajstić information content (AvgIpc) is 3.31. The molecule has 0 fully saturated rings. The zero-order valence-electron chi connectivity index (χ0n) is 16.2. The van der Waals surface area contributed by atoms with Crippen LogP contribution in [0.4, 0.5) is 18.9 Å². The fourth-order valence-electron chi connectivity index (χ4n) is 2.98. The molecule has 0 bridgehead atoms. The van der Waals surface area contributed by atoms with Crippen LogP contribution >= 0.6 is 0 Å². The molecule has 7 nitrogen and oxygen atoms in total. The summed E-state index contributed by atoms with van der Waals surface area (Å²) in [6, 6.07) is 8.81.